The number of para-hydroxylation sites is 1. The van der Waals surface area contributed by atoms with Crippen molar-refractivity contribution in [3.8, 4) is 16.9 Å². The van der Waals surface area contributed by atoms with E-state index in [0.29, 0.717) is 12.2 Å². The predicted molar refractivity (Wildman–Crippen MR) is 114 cm³/mol. The maximum Gasteiger partial charge on any atom is 0.277 e. The van der Waals surface area contributed by atoms with Crippen molar-refractivity contribution in [3.63, 3.8) is 0 Å². The van der Waals surface area contributed by atoms with E-state index < -0.39 is 0 Å². The van der Waals surface area contributed by atoms with Crippen LogP contribution in [0.1, 0.15) is 24.5 Å². The molecule has 0 bridgehead atoms. The normalized spacial score (nSPS) is 11.1. The van der Waals surface area contributed by atoms with Crippen molar-refractivity contribution in [1.29, 1.82) is 0 Å². The quantitative estimate of drug-likeness (QED) is 0.470. The van der Waals surface area contributed by atoms with Gasteiger partial charge in [-0.25, -0.2) is 5.43 Å². The van der Waals surface area contributed by atoms with Gasteiger partial charge in [-0.15, -0.1) is 0 Å². The Morgan fingerprint density at radius 3 is 2.21 bits per heavy atom. The topological polar surface area (TPSA) is 50.7 Å². The molecule has 0 saturated heterocycles. The lowest BCUT2D eigenvalue weighted by Crippen LogP contribution is -2.26. The number of carbonyl (C=O) groups excluding carboxylic acids is 1. The average molecular weight is 372 g/mol. The van der Waals surface area contributed by atoms with Crippen LogP contribution >= 0.6 is 0 Å². The summed E-state index contributed by atoms with van der Waals surface area (Å²) in [5.41, 5.74) is 7.72. The molecule has 0 aliphatic rings. The minimum absolute atomic E-state index is 0.0711. The third-order valence-corrected chi connectivity index (χ3v) is 4.43. The second-order valence-electron chi connectivity index (χ2n) is 6.44. The Kier molecular flexibility index (Phi) is 6.58. The van der Waals surface area contributed by atoms with E-state index >= 15 is 0 Å². The second-order valence-corrected chi connectivity index (χ2v) is 6.44. The van der Waals surface area contributed by atoms with Crippen LogP contribution < -0.4 is 10.2 Å². The van der Waals surface area contributed by atoms with Gasteiger partial charge in [0, 0.05) is 0 Å². The number of amides is 1. The van der Waals surface area contributed by atoms with E-state index in [4.69, 9.17) is 4.74 Å². The highest BCUT2D eigenvalue weighted by atomic mass is 16.5. The van der Waals surface area contributed by atoms with Crippen LogP contribution in [-0.2, 0) is 4.79 Å². The van der Waals surface area contributed by atoms with E-state index in [9.17, 15) is 4.79 Å². The van der Waals surface area contributed by atoms with Gasteiger partial charge in [-0.2, -0.15) is 5.10 Å². The fourth-order valence-corrected chi connectivity index (χ4v) is 2.86. The second kappa shape index (κ2) is 9.51. The first-order valence-electron chi connectivity index (χ1n) is 9.37. The summed E-state index contributed by atoms with van der Waals surface area (Å²) < 4.78 is 5.55. The van der Waals surface area contributed by atoms with Gasteiger partial charge in [0.05, 0.1) is 5.71 Å². The summed E-state index contributed by atoms with van der Waals surface area (Å²) in [6.45, 7) is 3.89. The van der Waals surface area contributed by atoms with E-state index in [-0.39, 0.29) is 12.5 Å². The third kappa shape index (κ3) is 5.07. The third-order valence-electron chi connectivity index (χ3n) is 4.43. The monoisotopic (exact) mass is 372 g/mol. The number of rotatable bonds is 7. The first-order valence-corrected chi connectivity index (χ1v) is 9.37. The molecule has 142 valence electrons. The summed E-state index contributed by atoms with van der Waals surface area (Å²) >= 11 is 0. The molecule has 0 atom stereocenters. The van der Waals surface area contributed by atoms with Gasteiger partial charge in [-0.3, -0.25) is 4.79 Å². The standard InChI is InChI=1S/C24H24N2O2/c1-3-22(21-15-13-20(14-16-21)19-10-5-4-6-11-19)25-26-24(27)17-28-23-12-8-7-9-18(23)2/h4-16H,3,17H2,1-2H3,(H,26,27)/b25-22+. The number of benzene rings is 3. The summed E-state index contributed by atoms with van der Waals surface area (Å²) in [6.07, 6.45) is 0.712. The highest BCUT2D eigenvalue weighted by molar-refractivity contribution is 6.01. The highest BCUT2D eigenvalue weighted by Crippen LogP contribution is 2.20. The highest BCUT2D eigenvalue weighted by Gasteiger charge is 2.06. The molecule has 0 aromatic heterocycles. The lowest BCUT2D eigenvalue weighted by Gasteiger charge is -2.09. The van der Waals surface area contributed by atoms with Crippen molar-refractivity contribution in [2.75, 3.05) is 6.61 Å². The van der Waals surface area contributed by atoms with Crippen LogP contribution in [0.25, 0.3) is 11.1 Å². The number of nitrogens with zero attached hydrogens (tertiary/aromatic N) is 1. The molecule has 0 saturated carbocycles. The van der Waals surface area contributed by atoms with Crippen molar-refractivity contribution in [1.82, 2.24) is 5.43 Å². The van der Waals surface area contributed by atoms with Crippen LogP contribution in [0.15, 0.2) is 84.0 Å². The predicted octanol–water partition coefficient (Wildman–Crippen LogP) is 4.97. The molecular weight excluding hydrogens is 348 g/mol. The van der Waals surface area contributed by atoms with Gasteiger partial charge >= 0.3 is 0 Å². The zero-order valence-corrected chi connectivity index (χ0v) is 16.2. The van der Waals surface area contributed by atoms with Crippen LogP contribution in [0.2, 0.25) is 0 Å². The molecule has 0 fully saturated rings. The molecule has 0 spiro atoms. The number of hydrogen-bond acceptors (Lipinski definition) is 3. The van der Waals surface area contributed by atoms with Crippen molar-refractivity contribution < 1.29 is 9.53 Å². The van der Waals surface area contributed by atoms with Gasteiger partial charge in [0.1, 0.15) is 5.75 Å². The number of hydrazone groups is 1. The minimum atomic E-state index is -0.282. The molecule has 1 amide bonds. The summed E-state index contributed by atoms with van der Waals surface area (Å²) in [6, 6.07) is 26.0. The Labute approximate surface area is 165 Å². The molecule has 0 aliphatic carbocycles. The smallest absolute Gasteiger partial charge is 0.277 e. The Balaban J connectivity index is 1.61. The van der Waals surface area contributed by atoms with Gasteiger partial charge in [-0.1, -0.05) is 79.7 Å². The van der Waals surface area contributed by atoms with Crippen molar-refractivity contribution in [2.45, 2.75) is 20.3 Å². The van der Waals surface area contributed by atoms with E-state index in [2.05, 4.69) is 34.8 Å². The fourth-order valence-electron chi connectivity index (χ4n) is 2.86. The van der Waals surface area contributed by atoms with E-state index in [0.717, 1.165) is 22.4 Å². The Morgan fingerprint density at radius 2 is 1.54 bits per heavy atom. The van der Waals surface area contributed by atoms with Crippen LogP contribution in [-0.4, -0.2) is 18.2 Å². The minimum Gasteiger partial charge on any atom is -0.483 e. The number of carbonyl (C=O) groups is 1. The van der Waals surface area contributed by atoms with Crippen LogP contribution in [0, 0.1) is 6.92 Å². The van der Waals surface area contributed by atoms with Crippen molar-refractivity contribution in [2.24, 2.45) is 5.10 Å². The molecule has 0 radical (unpaired) electrons. The molecule has 4 nitrogen and oxygen atoms in total. The van der Waals surface area contributed by atoms with Gasteiger partial charge in [0.25, 0.3) is 5.91 Å². The molecule has 3 rings (SSSR count). The summed E-state index contributed by atoms with van der Waals surface area (Å²) in [4.78, 5) is 12.1. The fraction of sp³-hybridized carbons (Fsp3) is 0.167. The average Bonchev–Trinajstić information content (AvgIpc) is 2.75. The molecule has 0 heterocycles. The lowest BCUT2D eigenvalue weighted by atomic mass is 10.0. The zero-order valence-electron chi connectivity index (χ0n) is 16.2. The molecule has 4 heteroatoms. The van der Waals surface area contributed by atoms with Gasteiger partial charge in [-0.05, 0) is 41.7 Å². The maximum atomic E-state index is 12.1. The van der Waals surface area contributed by atoms with Crippen LogP contribution in [0.3, 0.4) is 0 Å². The number of nitrogens with one attached hydrogen (secondary N) is 1. The molecule has 3 aromatic rings. The van der Waals surface area contributed by atoms with Gasteiger partial charge < -0.3 is 4.74 Å². The zero-order chi connectivity index (χ0) is 19.8. The van der Waals surface area contributed by atoms with Crippen molar-refractivity contribution in [3.05, 3.63) is 90.0 Å². The number of ether oxygens (including phenoxy) is 1. The Morgan fingerprint density at radius 1 is 0.893 bits per heavy atom. The van der Waals surface area contributed by atoms with E-state index in [1.54, 1.807) is 0 Å². The molecule has 3 aromatic carbocycles. The molecule has 0 unspecified atom stereocenters. The first kappa shape index (κ1) is 19.4. The molecule has 1 N–H and O–H groups in total. The largest absolute Gasteiger partial charge is 0.483 e. The SMILES string of the molecule is CC/C(=N\NC(=O)COc1ccccc1C)c1ccc(-c2ccccc2)cc1. The number of hydrogen-bond donors (Lipinski definition) is 1. The first-order chi connectivity index (χ1) is 13.7. The molecular formula is C24H24N2O2. The maximum absolute atomic E-state index is 12.1. The Bertz CT molecular complexity index is 948. The molecule has 0 aliphatic heterocycles. The van der Waals surface area contributed by atoms with Gasteiger partial charge in [0.2, 0.25) is 0 Å². The summed E-state index contributed by atoms with van der Waals surface area (Å²) in [7, 11) is 0. The molecule has 28 heavy (non-hydrogen) atoms. The van der Waals surface area contributed by atoms with E-state index in [1.165, 1.54) is 5.56 Å². The van der Waals surface area contributed by atoms with Crippen molar-refractivity contribution >= 4 is 11.6 Å². The summed E-state index contributed by atoms with van der Waals surface area (Å²) in [5, 5.41) is 4.29. The Hall–Kier alpha value is -3.40. The van der Waals surface area contributed by atoms with E-state index in [1.807, 2.05) is 68.4 Å². The van der Waals surface area contributed by atoms with Crippen LogP contribution in [0.4, 0.5) is 0 Å². The lowest BCUT2D eigenvalue weighted by molar-refractivity contribution is -0.123. The number of aryl methyl sites for hydroxylation is 1. The van der Waals surface area contributed by atoms with Crippen LogP contribution in [0.5, 0.6) is 5.75 Å². The van der Waals surface area contributed by atoms with Gasteiger partial charge in [0.15, 0.2) is 6.61 Å². The summed E-state index contributed by atoms with van der Waals surface area (Å²) in [5.74, 6) is 0.420.